The number of alkyl halides is 2. The van der Waals surface area contributed by atoms with Gasteiger partial charge in [-0.25, -0.2) is 4.79 Å². The van der Waals surface area contributed by atoms with Crippen LogP contribution in [0.15, 0.2) is 22.7 Å². The molecule has 0 radical (unpaired) electrons. The van der Waals surface area contributed by atoms with Crippen molar-refractivity contribution in [3.05, 3.63) is 28.2 Å². The molecule has 1 aromatic rings. The zero-order valence-corrected chi connectivity index (χ0v) is 12.1. The summed E-state index contributed by atoms with van der Waals surface area (Å²) in [5.74, 6) is -0.0307. The largest absolute Gasteiger partial charge is 0.478 e. The molecule has 1 rings (SSSR count). The number of rotatable bonds is 6. The lowest BCUT2D eigenvalue weighted by Crippen LogP contribution is -2.28. The molecule has 0 saturated carbocycles. The predicted molar refractivity (Wildman–Crippen MR) is 74.8 cm³/mol. The third kappa shape index (κ3) is 4.05. The standard InChI is InChI=1S/C11H12BrCl2NO2/c12-9-2-1-8(11(16)17)7-10(9)15(5-3-13)6-4-14/h1-2,7H,3-6H2,(H,16,17). The van der Waals surface area contributed by atoms with Crippen molar-refractivity contribution in [2.24, 2.45) is 0 Å². The van der Waals surface area contributed by atoms with E-state index in [1.807, 2.05) is 4.90 Å². The number of halogens is 3. The number of hydrogen-bond acceptors (Lipinski definition) is 2. The topological polar surface area (TPSA) is 40.5 Å². The smallest absolute Gasteiger partial charge is 0.335 e. The highest BCUT2D eigenvalue weighted by molar-refractivity contribution is 9.10. The van der Waals surface area contributed by atoms with Gasteiger partial charge in [0.2, 0.25) is 0 Å². The molecule has 0 heterocycles. The van der Waals surface area contributed by atoms with E-state index >= 15 is 0 Å². The van der Waals surface area contributed by atoms with E-state index in [2.05, 4.69) is 15.9 Å². The fourth-order valence-electron chi connectivity index (χ4n) is 1.44. The van der Waals surface area contributed by atoms with E-state index in [4.69, 9.17) is 28.3 Å². The number of nitrogens with zero attached hydrogens (tertiary/aromatic N) is 1. The maximum absolute atomic E-state index is 10.9. The van der Waals surface area contributed by atoms with Gasteiger partial charge in [0, 0.05) is 29.3 Å². The summed E-state index contributed by atoms with van der Waals surface area (Å²) in [4.78, 5) is 12.9. The van der Waals surface area contributed by atoms with Gasteiger partial charge in [-0.15, -0.1) is 23.2 Å². The van der Waals surface area contributed by atoms with Gasteiger partial charge < -0.3 is 10.0 Å². The molecule has 0 atom stereocenters. The molecule has 1 aromatic carbocycles. The molecule has 0 aliphatic carbocycles. The molecule has 0 unspecified atom stereocenters. The first kappa shape index (κ1) is 14.6. The summed E-state index contributed by atoms with van der Waals surface area (Å²) in [5.41, 5.74) is 1.04. The molecule has 94 valence electrons. The lowest BCUT2D eigenvalue weighted by molar-refractivity contribution is 0.0697. The molecule has 0 fully saturated rings. The molecule has 1 N–H and O–H groups in total. The number of benzene rings is 1. The molecular formula is C11H12BrCl2NO2. The minimum Gasteiger partial charge on any atom is -0.478 e. The zero-order chi connectivity index (χ0) is 12.8. The van der Waals surface area contributed by atoms with Crippen LogP contribution in [0.2, 0.25) is 0 Å². The third-order valence-corrected chi connectivity index (χ3v) is 3.25. The quantitative estimate of drug-likeness (QED) is 0.806. The van der Waals surface area contributed by atoms with Crippen LogP contribution in [-0.4, -0.2) is 35.9 Å². The van der Waals surface area contributed by atoms with Crippen LogP contribution in [0.1, 0.15) is 10.4 Å². The first-order chi connectivity index (χ1) is 8.10. The van der Waals surface area contributed by atoms with Crippen molar-refractivity contribution >= 4 is 50.8 Å². The number of carboxylic acid groups (broad SMARTS) is 1. The Kier molecular flexibility index (Phi) is 6.09. The van der Waals surface area contributed by atoms with Crippen LogP contribution in [0.5, 0.6) is 0 Å². The molecule has 0 spiro atoms. The SMILES string of the molecule is O=C(O)c1ccc(Br)c(N(CCCl)CCCl)c1. The van der Waals surface area contributed by atoms with E-state index in [0.29, 0.717) is 24.8 Å². The fourth-order valence-corrected chi connectivity index (χ4v) is 2.35. The summed E-state index contributed by atoms with van der Waals surface area (Å²) >= 11 is 14.8. The number of hydrogen-bond donors (Lipinski definition) is 1. The summed E-state index contributed by atoms with van der Waals surface area (Å²) < 4.78 is 0.831. The Morgan fingerprint density at radius 3 is 2.35 bits per heavy atom. The number of aromatic carboxylic acids is 1. The van der Waals surface area contributed by atoms with Gasteiger partial charge in [-0.2, -0.15) is 0 Å². The van der Waals surface area contributed by atoms with Crippen LogP contribution in [0, 0.1) is 0 Å². The molecule has 17 heavy (non-hydrogen) atoms. The molecule has 3 nitrogen and oxygen atoms in total. The summed E-state index contributed by atoms with van der Waals surface area (Å²) in [6, 6.07) is 4.88. The second-order valence-electron chi connectivity index (χ2n) is 3.34. The Bertz CT molecular complexity index is 395. The second kappa shape index (κ2) is 7.09. The lowest BCUT2D eigenvalue weighted by Gasteiger charge is -2.24. The van der Waals surface area contributed by atoms with E-state index in [1.165, 1.54) is 0 Å². The van der Waals surface area contributed by atoms with Crippen LogP contribution in [0.3, 0.4) is 0 Å². The van der Waals surface area contributed by atoms with Crippen LogP contribution < -0.4 is 4.90 Å². The first-order valence-electron chi connectivity index (χ1n) is 5.00. The zero-order valence-electron chi connectivity index (χ0n) is 9.00. The third-order valence-electron chi connectivity index (χ3n) is 2.24. The fraction of sp³-hybridized carbons (Fsp3) is 0.364. The number of anilines is 1. The van der Waals surface area contributed by atoms with Crippen molar-refractivity contribution < 1.29 is 9.90 Å². The minimum atomic E-state index is -0.949. The number of carbonyl (C=O) groups is 1. The van der Waals surface area contributed by atoms with Crippen molar-refractivity contribution in [1.82, 2.24) is 0 Å². The average molecular weight is 341 g/mol. The second-order valence-corrected chi connectivity index (χ2v) is 4.95. The maximum Gasteiger partial charge on any atom is 0.335 e. The van der Waals surface area contributed by atoms with Crippen molar-refractivity contribution in [3.63, 3.8) is 0 Å². The Balaban J connectivity index is 3.07. The monoisotopic (exact) mass is 339 g/mol. The van der Waals surface area contributed by atoms with Crippen molar-refractivity contribution in [2.45, 2.75) is 0 Å². The Labute approximate surface area is 118 Å². The Morgan fingerprint density at radius 2 is 1.88 bits per heavy atom. The van der Waals surface area contributed by atoms with Crippen LogP contribution >= 0.6 is 39.1 Å². The molecular weight excluding hydrogens is 329 g/mol. The summed E-state index contributed by atoms with van der Waals surface area (Å²) in [6.45, 7) is 1.24. The van der Waals surface area contributed by atoms with E-state index in [-0.39, 0.29) is 5.56 Å². The summed E-state index contributed by atoms with van der Waals surface area (Å²) in [5, 5.41) is 8.96. The van der Waals surface area contributed by atoms with Gasteiger partial charge in [0.25, 0.3) is 0 Å². The molecule has 6 heteroatoms. The predicted octanol–water partition coefficient (Wildman–Crippen LogP) is 3.43. The maximum atomic E-state index is 10.9. The van der Waals surface area contributed by atoms with Gasteiger partial charge in [-0.3, -0.25) is 0 Å². The van der Waals surface area contributed by atoms with Crippen LogP contribution in [0.4, 0.5) is 5.69 Å². The van der Waals surface area contributed by atoms with E-state index in [1.54, 1.807) is 18.2 Å². The summed E-state index contributed by atoms with van der Waals surface area (Å²) in [6.07, 6.45) is 0. The highest BCUT2D eigenvalue weighted by atomic mass is 79.9. The van der Waals surface area contributed by atoms with Crippen molar-refractivity contribution in [3.8, 4) is 0 Å². The first-order valence-corrected chi connectivity index (χ1v) is 6.86. The van der Waals surface area contributed by atoms with E-state index < -0.39 is 5.97 Å². The molecule has 0 aliphatic heterocycles. The van der Waals surface area contributed by atoms with Crippen LogP contribution in [0.25, 0.3) is 0 Å². The molecule has 0 bridgehead atoms. The van der Waals surface area contributed by atoms with Gasteiger partial charge >= 0.3 is 5.97 Å². The highest BCUT2D eigenvalue weighted by Crippen LogP contribution is 2.27. The molecule has 0 amide bonds. The highest BCUT2D eigenvalue weighted by Gasteiger charge is 2.12. The molecule has 0 aromatic heterocycles. The van der Waals surface area contributed by atoms with Gasteiger partial charge in [0.05, 0.1) is 11.3 Å². The Morgan fingerprint density at radius 1 is 1.29 bits per heavy atom. The van der Waals surface area contributed by atoms with Gasteiger partial charge in [-0.05, 0) is 34.1 Å². The minimum absolute atomic E-state index is 0.248. The van der Waals surface area contributed by atoms with Gasteiger partial charge in [-0.1, -0.05) is 0 Å². The summed E-state index contributed by atoms with van der Waals surface area (Å²) in [7, 11) is 0. The van der Waals surface area contributed by atoms with E-state index in [0.717, 1.165) is 10.2 Å². The molecule has 0 aliphatic rings. The van der Waals surface area contributed by atoms with Crippen LogP contribution in [-0.2, 0) is 0 Å². The van der Waals surface area contributed by atoms with Crippen molar-refractivity contribution in [2.75, 3.05) is 29.7 Å². The number of carboxylic acids is 1. The average Bonchev–Trinajstić information content (AvgIpc) is 2.29. The van der Waals surface area contributed by atoms with Crippen molar-refractivity contribution in [1.29, 1.82) is 0 Å². The normalized spacial score (nSPS) is 10.3. The Hall–Kier alpha value is -0.450. The lowest BCUT2D eigenvalue weighted by atomic mass is 10.2. The van der Waals surface area contributed by atoms with Gasteiger partial charge in [0.15, 0.2) is 0 Å². The van der Waals surface area contributed by atoms with Gasteiger partial charge in [0.1, 0.15) is 0 Å². The van der Waals surface area contributed by atoms with E-state index in [9.17, 15) is 4.79 Å². The molecule has 0 saturated heterocycles.